The highest BCUT2D eigenvalue weighted by Gasteiger charge is 2.34. The van der Waals surface area contributed by atoms with Crippen LogP contribution < -0.4 is 4.90 Å². The number of nitrogens with zero attached hydrogens (tertiary/aromatic N) is 1. The van der Waals surface area contributed by atoms with Gasteiger partial charge in [0.25, 0.3) is 11.7 Å². The van der Waals surface area contributed by atoms with Gasteiger partial charge >= 0.3 is 0 Å². The Bertz CT molecular complexity index is 655. The van der Waals surface area contributed by atoms with E-state index in [4.69, 9.17) is 0 Å². The number of Topliss-reactive ketones (excluding diaryl/α,β-unsaturated/α-hetero) is 1. The van der Waals surface area contributed by atoms with E-state index in [0.29, 0.717) is 12.1 Å². The normalized spacial score (nSPS) is 13.7. The van der Waals surface area contributed by atoms with E-state index in [1.54, 1.807) is 28.8 Å². The summed E-state index contributed by atoms with van der Waals surface area (Å²) in [6.45, 7) is 0.543. The first-order valence-corrected chi connectivity index (χ1v) is 7.39. The predicted molar refractivity (Wildman–Crippen MR) is 80.3 cm³/mol. The lowest BCUT2D eigenvalue weighted by Crippen LogP contribution is -2.31. The molecule has 0 saturated heterocycles. The Balaban J connectivity index is 1.69. The number of carbonyl (C=O) groups excluding carboxylic acids is 2. The Morgan fingerprint density at radius 1 is 0.900 bits per heavy atom. The van der Waals surface area contributed by atoms with Crippen LogP contribution in [0.15, 0.2) is 59.5 Å². The minimum absolute atomic E-state index is 0.398. The van der Waals surface area contributed by atoms with E-state index in [2.05, 4.69) is 0 Å². The maximum atomic E-state index is 12.0. The standard InChI is InChI=1S/C16H13NO2S/c18-15-13-8-4-5-9-14(13)17(16(15)19)10-11-20-12-6-2-1-3-7-12/h1-9H,10-11H2. The topological polar surface area (TPSA) is 37.4 Å². The zero-order chi connectivity index (χ0) is 13.9. The van der Waals surface area contributed by atoms with Crippen molar-refractivity contribution in [2.75, 3.05) is 17.2 Å². The van der Waals surface area contributed by atoms with Crippen LogP contribution in [0.3, 0.4) is 0 Å². The summed E-state index contributed by atoms with van der Waals surface area (Å²) in [6, 6.07) is 17.2. The van der Waals surface area contributed by atoms with E-state index < -0.39 is 11.7 Å². The van der Waals surface area contributed by atoms with Crippen molar-refractivity contribution in [3.05, 3.63) is 60.2 Å². The largest absolute Gasteiger partial charge is 0.304 e. The molecule has 3 nitrogen and oxygen atoms in total. The quantitative estimate of drug-likeness (QED) is 0.639. The molecule has 0 aliphatic carbocycles. The molecule has 1 amide bonds. The molecule has 0 atom stereocenters. The second-order valence-electron chi connectivity index (χ2n) is 4.46. The number of ketones is 1. The van der Waals surface area contributed by atoms with Gasteiger partial charge < -0.3 is 4.90 Å². The third-order valence-corrected chi connectivity index (χ3v) is 4.20. The molecular formula is C16H13NO2S. The van der Waals surface area contributed by atoms with Crippen molar-refractivity contribution < 1.29 is 9.59 Å². The van der Waals surface area contributed by atoms with Crippen molar-refractivity contribution in [1.29, 1.82) is 0 Å². The molecule has 20 heavy (non-hydrogen) atoms. The van der Waals surface area contributed by atoms with Crippen LogP contribution in [-0.4, -0.2) is 24.0 Å². The monoisotopic (exact) mass is 283 g/mol. The highest BCUT2D eigenvalue weighted by molar-refractivity contribution is 7.99. The summed E-state index contributed by atoms with van der Waals surface area (Å²) in [7, 11) is 0. The lowest BCUT2D eigenvalue weighted by Gasteiger charge is -2.15. The molecule has 1 heterocycles. The van der Waals surface area contributed by atoms with Crippen LogP contribution in [0.1, 0.15) is 10.4 Å². The molecule has 100 valence electrons. The van der Waals surface area contributed by atoms with Crippen LogP contribution in [0.5, 0.6) is 0 Å². The molecule has 1 aliphatic heterocycles. The van der Waals surface area contributed by atoms with Crippen LogP contribution in [0.2, 0.25) is 0 Å². The molecule has 0 aromatic heterocycles. The Morgan fingerprint density at radius 3 is 2.40 bits per heavy atom. The molecule has 0 unspecified atom stereocenters. The van der Waals surface area contributed by atoms with Gasteiger partial charge in [-0.2, -0.15) is 0 Å². The number of benzene rings is 2. The first-order chi connectivity index (χ1) is 9.77. The van der Waals surface area contributed by atoms with Gasteiger partial charge in [-0.3, -0.25) is 9.59 Å². The smallest absolute Gasteiger partial charge is 0.299 e. The maximum absolute atomic E-state index is 12.0. The summed E-state index contributed by atoms with van der Waals surface area (Å²) in [6.07, 6.45) is 0. The summed E-state index contributed by atoms with van der Waals surface area (Å²) in [5.74, 6) is -0.0534. The summed E-state index contributed by atoms with van der Waals surface area (Å²) < 4.78 is 0. The number of hydrogen-bond acceptors (Lipinski definition) is 3. The van der Waals surface area contributed by atoms with Gasteiger partial charge in [0.2, 0.25) is 0 Å². The van der Waals surface area contributed by atoms with Gasteiger partial charge in [-0.05, 0) is 24.3 Å². The lowest BCUT2D eigenvalue weighted by molar-refractivity contribution is -0.114. The summed E-state index contributed by atoms with van der Waals surface area (Å²) in [5, 5.41) is 0. The van der Waals surface area contributed by atoms with Crippen LogP contribution in [0.25, 0.3) is 0 Å². The zero-order valence-electron chi connectivity index (χ0n) is 10.8. The molecule has 0 saturated carbocycles. The van der Waals surface area contributed by atoms with Crippen molar-refractivity contribution in [3.8, 4) is 0 Å². The molecule has 2 aromatic rings. The molecule has 1 aliphatic rings. The average molecular weight is 283 g/mol. The summed E-state index contributed by atoms with van der Waals surface area (Å²) in [4.78, 5) is 26.6. The number of rotatable bonds is 4. The number of carbonyl (C=O) groups is 2. The van der Waals surface area contributed by atoms with Crippen molar-refractivity contribution in [2.45, 2.75) is 4.90 Å². The Hall–Kier alpha value is -2.07. The number of para-hydroxylation sites is 1. The van der Waals surface area contributed by atoms with Gasteiger partial charge in [-0.15, -0.1) is 11.8 Å². The Morgan fingerprint density at radius 2 is 1.60 bits per heavy atom. The second-order valence-corrected chi connectivity index (χ2v) is 5.63. The van der Waals surface area contributed by atoms with E-state index in [0.717, 1.165) is 11.4 Å². The summed E-state index contributed by atoms with van der Waals surface area (Å²) in [5.41, 5.74) is 1.25. The van der Waals surface area contributed by atoms with Crippen molar-refractivity contribution in [2.24, 2.45) is 0 Å². The van der Waals surface area contributed by atoms with Crippen molar-refractivity contribution in [1.82, 2.24) is 0 Å². The van der Waals surface area contributed by atoms with E-state index in [9.17, 15) is 9.59 Å². The average Bonchev–Trinajstić information content (AvgIpc) is 2.74. The molecule has 0 N–H and O–H groups in total. The third-order valence-electron chi connectivity index (χ3n) is 3.21. The van der Waals surface area contributed by atoms with Crippen LogP contribution >= 0.6 is 11.8 Å². The molecule has 0 spiro atoms. The number of thioether (sulfide) groups is 1. The van der Waals surface area contributed by atoms with Gasteiger partial charge in [0, 0.05) is 17.2 Å². The molecule has 4 heteroatoms. The second kappa shape index (κ2) is 5.51. The zero-order valence-corrected chi connectivity index (χ0v) is 11.6. The highest BCUT2D eigenvalue weighted by atomic mass is 32.2. The van der Waals surface area contributed by atoms with Gasteiger partial charge in [0.15, 0.2) is 0 Å². The van der Waals surface area contributed by atoms with Crippen LogP contribution in [-0.2, 0) is 4.79 Å². The summed E-state index contributed by atoms with van der Waals surface area (Å²) >= 11 is 1.68. The lowest BCUT2D eigenvalue weighted by atomic mass is 10.1. The van der Waals surface area contributed by atoms with E-state index in [-0.39, 0.29) is 0 Å². The van der Waals surface area contributed by atoms with Crippen molar-refractivity contribution >= 4 is 29.1 Å². The van der Waals surface area contributed by atoms with Gasteiger partial charge in [0.1, 0.15) is 0 Å². The SMILES string of the molecule is O=C1C(=O)N(CCSc2ccccc2)c2ccccc21. The van der Waals surface area contributed by atoms with Gasteiger partial charge in [-0.1, -0.05) is 30.3 Å². The van der Waals surface area contributed by atoms with Crippen molar-refractivity contribution in [3.63, 3.8) is 0 Å². The number of hydrogen-bond donors (Lipinski definition) is 0. The predicted octanol–water partition coefficient (Wildman–Crippen LogP) is 3.01. The maximum Gasteiger partial charge on any atom is 0.299 e. The fraction of sp³-hybridized carbons (Fsp3) is 0.125. The fourth-order valence-electron chi connectivity index (χ4n) is 2.24. The molecule has 0 bridgehead atoms. The number of fused-ring (bicyclic) bond motifs is 1. The van der Waals surface area contributed by atoms with Crippen LogP contribution in [0.4, 0.5) is 5.69 Å². The Labute approximate surface area is 121 Å². The van der Waals surface area contributed by atoms with E-state index in [1.165, 1.54) is 4.90 Å². The Kier molecular flexibility index (Phi) is 3.56. The molecule has 0 radical (unpaired) electrons. The van der Waals surface area contributed by atoms with Gasteiger partial charge in [-0.25, -0.2) is 0 Å². The molecule has 3 rings (SSSR count). The number of anilines is 1. The minimum Gasteiger partial charge on any atom is -0.304 e. The van der Waals surface area contributed by atoms with E-state index >= 15 is 0 Å². The van der Waals surface area contributed by atoms with E-state index in [1.807, 2.05) is 42.5 Å². The third kappa shape index (κ3) is 2.34. The van der Waals surface area contributed by atoms with Gasteiger partial charge in [0.05, 0.1) is 11.3 Å². The minimum atomic E-state index is -0.417. The highest BCUT2D eigenvalue weighted by Crippen LogP contribution is 2.29. The number of amides is 1. The first-order valence-electron chi connectivity index (χ1n) is 6.40. The van der Waals surface area contributed by atoms with Crippen LogP contribution in [0, 0.1) is 0 Å². The molecule has 2 aromatic carbocycles. The first kappa shape index (κ1) is 12.9. The molecular weight excluding hydrogens is 270 g/mol. The fourth-order valence-corrected chi connectivity index (χ4v) is 3.10. The molecule has 0 fully saturated rings.